The molecule has 36 heavy (non-hydrogen) atoms. The number of ether oxygens (including phenoxy) is 1. The van der Waals surface area contributed by atoms with Crippen molar-refractivity contribution in [2.75, 3.05) is 12.0 Å². The van der Waals surface area contributed by atoms with Crippen LogP contribution in [0.15, 0.2) is 6.07 Å². The van der Waals surface area contributed by atoms with Crippen LogP contribution in [0.1, 0.15) is 96.9 Å². The number of hydrogen-bond donors (Lipinski definition) is 1. The van der Waals surface area contributed by atoms with Gasteiger partial charge in [-0.2, -0.15) is 13.2 Å². The lowest BCUT2D eigenvalue weighted by Crippen LogP contribution is -2.50. The van der Waals surface area contributed by atoms with Crippen molar-refractivity contribution in [3.05, 3.63) is 15.8 Å². The number of nitrogens with zero attached hydrogens (tertiary/aromatic N) is 1. The molecule has 1 N–H and O–H groups in total. The van der Waals surface area contributed by atoms with Gasteiger partial charge in [-0.15, -0.1) is 11.3 Å². The Morgan fingerprint density at radius 2 is 1.67 bits per heavy atom. The summed E-state index contributed by atoms with van der Waals surface area (Å²) in [6.45, 7) is 2.14. The van der Waals surface area contributed by atoms with Gasteiger partial charge in [0.15, 0.2) is 5.78 Å². The highest BCUT2D eigenvalue weighted by Crippen LogP contribution is 2.56. The third kappa shape index (κ3) is 4.95. The molecule has 1 heterocycles. The minimum atomic E-state index is -4.69. The Morgan fingerprint density at radius 1 is 1.06 bits per heavy atom. The first-order valence-electron chi connectivity index (χ1n) is 12.8. The molecule has 3 aliphatic carbocycles. The number of rotatable bonds is 6. The Bertz CT molecular complexity index is 986. The molecule has 3 saturated carbocycles. The number of alkyl halides is 3. The zero-order valence-electron chi connectivity index (χ0n) is 20.7. The van der Waals surface area contributed by atoms with Gasteiger partial charge < -0.3 is 14.7 Å². The van der Waals surface area contributed by atoms with Crippen LogP contribution in [0.4, 0.5) is 18.9 Å². The summed E-state index contributed by atoms with van der Waals surface area (Å²) >= 11 is 0.683. The summed E-state index contributed by atoms with van der Waals surface area (Å²) in [5.41, 5.74) is -2.27. The maximum Gasteiger partial charge on any atom is 0.401 e. The van der Waals surface area contributed by atoms with Crippen molar-refractivity contribution >= 4 is 34.7 Å². The highest BCUT2D eigenvalue weighted by atomic mass is 32.1. The van der Waals surface area contributed by atoms with E-state index in [1.54, 1.807) is 4.90 Å². The highest BCUT2D eigenvalue weighted by Gasteiger charge is 2.63. The third-order valence-corrected chi connectivity index (χ3v) is 9.49. The number of anilines is 1. The van der Waals surface area contributed by atoms with E-state index in [1.165, 1.54) is 13.2 Å². The summed E-state index contributed by atoms with van der Waals surface area (Å²) in [4.78, 5) is 41.2. The molecule has 0 spiro atoms. The van der Waals surface area contributed by atoms with E-state index < -0.39 is 29.4 Å². The molecular formula is C26H34F3NO5S. The van der Waals surface area contributed by atoms with Crippen LogP contribution in [0.3, 0.4) is 0 Å². The summed E-state index contributed by atoms with van der Waals surface area (Å²) in [6.07, 6.45) is -0.235. The minimum Gasteiger partial charge on any atom is -0.465 e. The number of thiophene rings is 1. The van der Waals surface area contributed by atoms with E-state index in [2.05, 4.69) is 6.92 Å². The van der Waals surface area contributed by atoms with Gasteiger partial charge in [-0.1, -0.05) is 13.3 Å². The Labute approximate surface area is 213 Å². The maximum atomic E-state index is 13.9. The molecule has 0 aromatic carbocycles. The molecule has 4 rings (SSSR count). The maximum absolute atomic E-state index is 13.9. The van der Waals surface area contributed by atoms with Crippen LogP contribution >= 0.6 is 11.3 Å². The molecular weight excluding hydrogens is 495 g/mol. The minimum absolute atomic E-state index is 0.0267. The fourth-order valence-electron chi connectivity index (χ4n) is 5.83. The molecule has 0 atom stereocenters. The van der Waals surface area contributed by atoms with E-state index in [4.69, 9.17) is 4.74 Å². The van der Waals surface area contributed by atoms with Gasteiger partial charge in [0.1, 0.15) is 10.3 Å². The predicted molar refractivity (Wildman–Crippen MR) is 129 cm³/mol. The average Bonchev–Trinajstić information content (AvgIpc) is 3.23. The van der Waals surface area contributed by atoms with Crippen molar-refractivity contribution < 1.29 is 37.4 Å². The lowest BCUT2D eigenvalue weighted by atomic mass is 9.65. The lowest BCUT2D eigenvalue weighted by molar-refractivity contribution is -0.226. The number of methoxy groups -OCH3 is 1. The number of esters is 1. The summed E-state index contributed by atoms with van der Waals surface area (Å²) in [5, 5.41) is 10.0. The molecule has 0 saturated heterocycles. The second-order valence-corrected chi connectivity index (χ2v) is 11.8. The van der Waals surface area contributed by atoms with Gasteiger partial charge in [0, 0.05) is 12.0 Å². The molecule has 10 heteroatoms. The monoisotopic (exact) mass is 529 g/mol. The molecule has 0 unspecified atom stereocenters. The van der Waals surface area contributed by atoms with Crippen LogP contribution in [0.5, 0.6) is 0 Å². The quantitative estimate of drug-likeness (QED) is 0.366. The van der Waals surface area contributed by atoms with Crippen LogP contribution in [0, 0.1) is 17.3 Å². The second kappa shape index (κ2) is 10.4. The largest absolute Gasteiger partial charge is 0.465 e. The Kier molecular flexibility index (Phi) is 7.86. The van der Waals surface area contributed by atoms with E-state index >= 15 is 0 Å². The molecule has 1 amide bonds. The Morgan fingerprint density at radius 3 is 2.17 bits per heavy atom. The van der Waals surface area contributed by atoms with E-state index in [-0.39, 0.29) is 46.2 Å². The smallest absolute Gasteiger partial charge is 0.401 e. The Hall–Kier alpha value is -1.94. The van der Waals surface area contributed by atoms with E-state index in [0.29, 0.717) is 62.2 Å². The van der Waals surface area contributed by atoms with Crippen molar-refractivity contribution in [2.45, 2.75) is 95.9 Å². The van der Waals surface area contributed by atoms with Gasteiger partial charge in [0.25, 0.3) is 0 Å². The number of Topliss-reactive ketones (excluding diaryl/α,β-unsaturated/α-hetero) is 1. The summed E-state index contributed by atoms with van der Waals surface area (Å²) < 4.78 is 46.7. The van der Waals surface area contributed by atoms with Crippen LogP contribution in [0.25, 0.3) is 0 Å². The summed E-state index contributed by atoms with van der Waals surface area (Å²) in [5.74, 6) is -1.73. The molecule has 0 aliphatic heterocycles. The van der Waals surface area contributed by atoms with Crippen molar-refractivity contribution in [3.63, 3.8) is 0 Å². The topological polar surface area (TPSA) is 83.9 Å². The molecule has 3 fully saturated rings. The van der Waals surface area contributed by atoms with Crippen molar-refractivity contribution in [3.8, 4) is 0 Å². The van der Waals surface area contributed by atoms with Crippen LogP contribution < -0.4 is 4.90 Å². The number of aliphatic hydroxyl groups is 1. The molecule has 1 aromatic heterocycles. The molecule has 0 radical (unpaired) electrons. The first-order valence-corrected chi connectivity index (χ1v) is 13.6. The number of amides is 1. The van der Waals surface area contributed by atoms with Gasteiger partial charge in [0.2, 0.25) is 5.91 Å². The van der Waals surface area contributed by atoms with Gasteiger partial charge in [-0.3, -0.25) is 9.59 Å². The second-order valence-electron chi connectivity index (χ2n) is 10.7. The van der Waals surface area contributed by atoms with Gasteiger partial charge in [0.05, 0.1) is 23.8 Å². The summed E-state index contributed by atoms with van der Waals surface area (Å²) in [7, 11) is 1.17. The van der Waals surface area contributed by atoms with Crippen molar-refractivity contribution in [1.82, 2.24) is 0 Å². The third-order valence-electron chi connectivity index (χ3n) is 8.38. The number of carbonyl (C=O) groups is 3. The number of hydrogen-bond acceptors (Lipinski definition) is 6. The molecule has 6 nitrogen and oxygen atoms in total. The highest BCUT2D eigenvalue weighted by molar-refractivity contribution is 7.16. The Balaban J connectivity index is 1.76. The number of ketones is 1. The van der Waals surface area contributed by atoms with Crippen molar-refractivity contribution in [1.29, 1.82) is 0 Å². The molecule has 200 valence electrons. The van der Waals surface area contributed by atoms with E-state index in [0.717, 1.165) is 12.8 Å². The zero-order valence-corrected chi connectivity index (χ0v) is 21.6. The van der Waals surface area contributed by atoms with Crippen LogP contribution in [-0.2, 0) is 9.53 Å². The first-order chi connectivity index (χ1) is 17.0. The van der Waals surface area contributed by atoms with Gasteiger partial charge in [-0.25, -0.2) is 4.79 Å². The molecule has 0 bridgehead atoms. The van der Waals surface area contributed by atoms with Crippen LogP contribution in [-0.4, -0.2) is 48.2 Å². The number of carbonyl (C=O) groups excluding carboxylic acids is 3. The number of halogens is 3. The normalized spacial score (nSPS) is 28.2. The SMILES string of the molecule is COC(=O)c1sc(C(=O)C2(C(F)(F)F)CCC2)cc1N(C(=O)[C@H]1CC[C@H](C)CC1)[C@H]1CC[C@H](O)CC1. The fourth-order valence-corrected chi connectivity index (χ4v) is 6.94. The standard InChI is InChI=1S/C26H34F3NO5S/c1-15-4-6-16(7-5-15)23(33)30(17-8-10-18(31)11-9-17)19-14-20(36-21(19)24(34)35-2)22(32)25(12-3-13-25)26(27,28)29/h14-18,31H,3-13H2,1-2H3/t15-,16-,17-,18-. The van der Waals surface area contributed by atoms with Gasteiger partial charge in [-0.05, 0) is 76.2 Å². The molecule has 3 aliphatic rings. The van der Waals surface area contributed by atoms with Crippen LogP contribution in [0.2, 0.25) is 0 Å². The average molecular weight is 530 g/mol. The lowest BCUT2D eigenvalue weighted by Gasteiger charge is -2.41. The molecule has 1 aromatic rings. The van der Waals surface area contributed by atoms with E-state index in [1.807, 2.05) is 0 Å². The predicted octanol–water partition coefficient (Wildman–Crippen LogP) is 5.91. The fraction of sp³-hybridized carbons (Fsp3) is 0.731. The van der Waals surface area contributed by atoms with Crippen molar-refractivity contribution in [2.24, 2.45) is 17.3 Å². The first kappa shape index (κ1) is 27.1. The van der Waals surface area contributed by atoms with E-state index in [9.17, 15) is 32.7 Å². The van der Waals surface area contributed by atoms with Gasteiger partial charge >= 0.3 is 12.1 Å². The summed E-state index contributed by atoms with van der Waals surface area (Å²) in [6, 6.07) is 0.987. The zero-order chi connectivity index (χ0) is 26.3. The number of aliphatic hydroxyl groups excluding tert-OH is 1.